The maximum atomic E-state index is 11.6. The molecule has 114 valence electrons. The van der Waals surface area contributed by atoms with E-state index in [-0.39, 0.29) is 0 Å². The molecule has 0 spiro atoms. The van der Waals surface area contributed by atoms with Gasteiger partial charge in [0.15, 0.2) is 5.96 Å². The van der Waals surface area contributed by atoms with Gasteiger partial charge in [0.2, 0.25) is 5.91 Å². The monoisotopic (exact) mass is 280 g/mol. The number of nitrogens with zero attached hydrogens (tertiary/aromatic N) is 3. The summed E-state index contributed by atoms with van der Waals surface area (Å²) in [7, 11) is 0. The third-order valence-corrected chi connectivity index (χ3v) is 4.25. The number of carbonyl (C=O) groups is 1. The smallest absolute Gasteiger partial charge is 0.222 e. The minimum atomic E-state index is 0.290. The first kappa shape index (κ1) is 15.1. The summed E-state index contributed by atoms with van der Waals surface area (Å²) in [6, 6.07) is 0. The van der Waals surface area contributed by atoms with Crippen LogP contribution in [0, 0.1) is 11.8 Å². The Morgan fingerprint density at radius 3 is 2.90 bits per heavy atom. The van der Waals surface area contributed by atoms with Crippen molar-refractivity contribution in [3.05, 3.63) is 0 Å². The van der Waals surface area contributed by atoms with Crippen molar-refractivity contribution in [2.75, 3.05) is 32.7 Å². The van der Waals surface area contributed by atoms with Gasteiger partial charge in [-0.05, 0) is 31.1 Å². The highest BCUT2D eigenvalue weighted by atomic mass is 16.2. The Bertz CT molecular complexity index is 369. The molecular weight excluding hydrogens is 252 g/mol. The summed E-state index contributed by atoms with van der Waals surface area (Å²) in [5.41, 5.74) is 6.09. The SMILES string of the molecule is C[C@H](CN=C(N)N1CCC[C@@H](C)C1)CN1CCCC1=O. The number of aliphatic imine (C=N–C) groups is 1. The van der Waals surface area contributed by atoms with Gasteiger partial charge < -0.3 is 15.5 Å². The third kappa shape index (κ3) is 4.12. The summed E-state index contributed by atoms with van der Waals surface area (Å²) in [5, 5.41) is 0. The van der Waals surface area contributed by atoms with Crippen LogP contribution in [0.15, 0.2) is 4.99 Å². The molecule has 0 saturated carbocycles. The van der Waals surface area contributed by atoms with Crippen LogP contribution in [0.2, 0.25) is 0 Å². The van der Waals surface area contributed by atoms with Crippen LogP contribution < -0.4 is 5.73 Å². The van der Waals surface area contributed by atoms with E-state index in [1.54, 1.807) is 0 Å². The number of hydrogen-bond acceptors (Lipinski definition) is 2. The van der Waals surface area contributed by atoms with E-state index in [2.05, 4.69) is 23.7 Å². The van der Waals surface area contributed by atoms with Gasteiger partial charge in [-0.25, -0.2) is 0 Å². The molecule has 2 saturated heterocycles. The van der Waals surface area contributed by atoms with Crippen LogP contribution in [0.4, 0.5) is 0 Å². The molecule has 0 aromatic rings. The lowest BCUT2D eigenvalue weighted by molar-refractivity contribution is -0.128. The highest BCUT2D eigenvalue weighted by Gasteiger charge is 2.22. The van der Waals surface area contributed by atoms with Gasteiger partial charge in [-0.1, -0.05) is 13.8 Å². The Morgan fingerprint density at radius 1 is 1.45 bits per heavy atom. The number of nitrogens with two attached hydrogens (primary N) is 1. The number of amides is 1. The zero-order valence-electron chi connectivity index (χ0n) is 12.8. The predicted molar refractivity (Wildman–Crippen MR) is 81.4 cm³/mol. The Labute approximate surface area is 122 Å². The highest BCUT2D eigenvalue weighted by Crippen LogP contribution is 2.15. The number of carbonyl (C=O) groups excluding carboxylic acids is 1. The molecule has 1 amide bonds. The first-order valence-corrected chi connectivity index (χ1v) is 7.89. The average molecular weight is 280 g/mol. The zero-order chi connectivity index (χ0) is 14.5. The lowest BCUT2D eigenvalue weighted by Gasteiger charge is -2.31. The topological polar surface area (TPSA) is 61.9 Å². The second kappa shape index (κ2) is 6.95. The van der Waals surface area contributed by atoms with Gasteiger partial charge in [0.1, 0.15) is 0 Å². The second-order valence-corrected chi connectivity index (χ2v) is 6.44. The van der Waals surface area contributed by atoms with Crippen molar-refractivity contribution in [1.82, 2.24) is 9.80 Å². The summed E-state index contributed by atoms with van der Waals surface area (Å²) < 4.78 is 0. The largest absolute Gasteiger partial charge is 0.370 e. The number of guanidine groups is 1. The van der Waals surface area contributed by atoms with Crippen molar-refractivity contribution in [3.8, 4) is 0 Å². The molecule has 0 aliphatic carbocycles. The summed E-state index contributed by atoms with van der Waals surface area (Å²) >= 11 is 0. The average Bonchev–Trinajstić information content (AvgIpc) is 2.81. The lowest BCUT2D eigenvalue weighted by Crippen LogP contribution is -2.43. The van der Waals surface area contributed by atoms with Gasteiger partial charge in [-0.3, -0.25) is 9.79 Å². The maximum Gasteiger partial charge on any atom is 0.222 e. The van der Waals surface area contributed by atoms with Gasteiger partial charge in [0.25, 0.3) is 0 Å². The Hall–Kier alpha value is -1.26. The van der Waals surface area contributed by atoms with Crippen LogP contribution in [0.1, 0.15) is 39.5 Å². The van der Waals surface area contributed by atoms with Gasteiger partial charge in [-0.15, -0.1) is 0 Å². The summed E-state index contributed by atoms with van der Waals surface area (Å²) in [5.74, 6) is 2.05. The van der Waals surface area contributed by atoms with Crippen molar-refractivity contribution in [3.63, 3.8) is 0 Å². The summed E-state index contributed by atoms with van der Waals surface area (Å²) in [4.78, 5) is 20.3. The molecule has 2 aliphatic rings. The summed E-state index contributed by atoms with van der Waals surface area (Å²) in [6.45, 7) is 8.88. The number of rotatable bonds is 4. The van der Waals surface area contributed by atoms with Crippen molar-refractivity contribution < 1.29 is 4.79 Å². The Morgan fingerprint density at radius 2 is 2.25 bits per heavy atom. The zero-order valence-corrected chi connectivity index (χ0v) is 12.8. The molecule has 2 aliphatic heterocycles. The molecule has 0 aromatic carbocycles. The van der Waals surface area contributed by atoms with Gasteiger partial charge in [0, 0.05) is 39.1 Å². The van der Waals surface area contributed by atoms with Crippen LogP contribution in [0.25, 0.3) is 0 Å². The Kier molecular flexibility index (Phi) is 5.26. The van der Waals surface area contributed by atoms with Crippen LogP contribution >= 0.6 is 0 Å². The third-order valence-electron chi connectivity index (χ3n) is 4.25. The van der Waals surface area contributed by atoms with Crippen molar-refractivity contribution in [2.45, 2.75) is 39.5 Å². The van der Waals surface area contributed by atoms with Gasteiger partial charge >= 0.3 is 0 Å². The lowest BCUT2D eigenvalue weighted by atomic mass is 10.0. The summed E-state index contributed by atoms with van der Waals surface area (Å²) in [6.07, 6.45) is 4.21. The fourth-order valence-electron chi connectivity index (χ4n) is 3.08. The fraction of sp³-hybridized carbons (Fsp3) is 0.867. The van der Waals surface area contributed by atoms with Gasteiger partial charge in [-0.2, -0.15) is 0 Å². The van der Waals surface area contributed by atoms with Crippen LogP contribution in [0.5, 0.6) is 0 Å². The number of piperidine rings is 1. The molecule has 2 N–H and O–H groups in total. The second-order valence-electron chi connectivity index (χ2n) is 6.44. The molecule has 2 atom stereocenters. The first-order valence-electron chi connectivity index (χ1n) is 7.89. The van der Waals surface area contributed by atoms with E-state index in [0.29, 0.717) is 36.7 Å². The quantitative estimate of drug-likeness (QED) is 0.623. The first-order chi connectivity index (χ1) is 9.56. The molecule has 20 heavy (non-hydrogen) atoms. The standard InChI is InChI=1S/C15H28N4O/c1-12-5-3-8-19(10-12)15(16)17-9-13(2)11-18-7-4-6-14(18)20/h12-13H,3-11H2,1-2H3,(H2,16,17)/t12-,13-/m1/s1. The molecule has 0 radical (unpaired) electrons. The van der Waals surface area contributed by atoms with Crippen molar-refractivity contribution in [2.24, 2.45) is 22.6 Å². The highest BCUT2D eigenvalue weighted by molar-refractivity contribution is 5.78. The molecule has 5 nitrogen and oxygen atoms in total. The number of hydrogen-bond donors (Lipinski definition) is 1. The normalized spacial score (nSPS) is 26.2. The van der Waals surface area contributed by atoms with Crippen molar-refractivity contribution >= 4 is 11.9 Å². The van der Waals surface area contributed by atoms with Crippen LogP contribution in [-0.4, -0.2) is 54.4 Å². The van der Waals surface area contributed by atoms with E-state index < -0.39 is 0 Å². The van der Waals surface area contributed by atoms with Gasteiger partial charge in [0.05, 0.1) is 0 Å². The molecule has 0 aromatic heterocycles. The Balaban J connectivity index is 1.77. The van der Waals surface area contributed by atoms with Crippen LogP contribution in [-0.2, 0) is 4.79 Å². The predicted octanol–water partition coefficient (Wildman–Crippen LogP) is 1.29. The molecule has 2 rings (SSSR count). The van der Waals surface area contributed by atoms with E-state index in [1.165, 1.54) is 12.8 Å². The molecule has 0 bridgehead atoms. The number of likely N-dealkylation sites (tertiary alicyclic amines) is 2. The minimum Gasteiger partial charge on any atom is -0.370 e. The van der Waals surface area contributed by atoms with Crippen molar-refractivity contribution in [1.29, 1.82) is 0 Å². The van der Waals surface area contributed by atoms with E-state index in [1.807, 2.05) is 4.90 Å². The molecule has 0 unspecified atom stereocenters. The molecule has 2 fully saturated rings. The fourth-order valence-corrected chi connectivity index (χ4v) is 3.08. The van der Waals surface area contributed by atoms with Crippen LogP contribution in [0.3, 0.4) is 0 Å². The molecule has 2 heterocycles. The van der Waals surface area contributed by atoms with E-state index >= 15 is 0 Å². The van der Waals surface area contributed by atoms with E-state index in [4.69, 9.17) is 5.73 Å². The molecule has 5 heteroatoms. The van der Waals surface area contributed by atoms with E-state index in [9.17, 15) is 4.79 Å². The minimum absolute atomic E-state index is 0.290. The molecular formula is C15H28N4O. The maximum absolute atomic E-state index is 11.6. The van der Waals surface area contributed by atoms with E-state index in [0.717, 1.165) is 32.6 Å².